The average molecular weight is 347 g/mol. The van der Waals surface area contributed by atoms with Crippen molar-refractivity contribution in [3.63, 3.8) is 0 Å². The molecule has 3 rings (SSSR count). The maximum Gasteiger partial charge on any atom is 0.236 e. The van der Waals surface area contributed by atoms with Crippen molar-refractivity contribution in [3.8, 4) is 0 Å². The van der Waals surface area contributed by atoms with Gasteiger partial charge in [-0.1, -0.05) is 5.16 Å². The Kier molecular flexibility index (Phi) is 6.11. The number of amides is 1. The molecule has 0 aromatic carbocycles. The van der Waals surface area contributed by atoms with Gasteiger partial charge in [0.25, 0.3) is 0 Å². The molecule has 0 spiro atoms. The van der Waals surface area contributed by atoms with Crippen molar-refractivity contribution < 1.29 is 9.32 Å². The fraction of sp³-hybridized carbons (Fsp3) is 0.786. The smallest absolute Gasteiger partial charge is 0.236 e. The van der Waals surface area contributed by atoms with E-state index in [2.05, 4.69) is 10.1 Å². The number of nitrogens with zero attached hydrogens (tertiary/aromatic N) is 3. The summed E-state index contributed by atoms with van der Waals surface area (Å²) < 4.78 is 5.23. The summed E-state index contributed by atoms with van der Waals surface area (Å²) in [7, 11) is 0. The Morgan fingerprint density at radius 3 is 2.64 bits per heavy atom. The van der Waals surface area contributed by atoms with Crippen LogP contribution in [0.15, 0.2) is 4.52 Å². The fourth-order valence-electron chi connectivity index (χ4n) is 2.76. The zero-order valence-corrected chi connectivity index (χ0v) is 14.3. The van der Waals surface area contributed by atoms with E-state index in [1.54, 1.807) is 0 Å². The highest BCUT2D eigenvalue weighted by molar-refractivity contribution is 7.99. The summed E-state index contributed by atoms with van der Waals surface area (Å²) in [6, 6.07) is 0. The highest BCUT2D eigenvalue weighted by Crippen LogP contribution is 2.37. The van der Waals surface area contributed by atoms with Crippen molar-refractivity contribution >= 4 is 30.1 Å². The Morgan fingerprint density at radius 2 is 2.00 bits per heavy atom. The van der Waals surface area contributed by atoms with Crippen molar-refractivity contribution in [2.24, 2.45) is 5.73 Å². The lowest BCUT2D eigenvalue weighted by atomic mass is 9.77. The van der Waals surface area contributed by atoms with Crippen LogP contribution in [0.4, 0.5) is 0 Å². The Morgan fingerprint density at radius 1 is 1.27 bits per heavy atom. The van der Waals surface area contributed by atoms with Crippen molar-refractivity contribution in [2.45, 2.75) is 49.8 Å². The summed E-state index contributed by atoms with van der Waals surface area (Å²) in [5, 5.41) is 3.98. The second-order valence-electron chi connectivity index (χ2n) is 5.96. The SMILES string of the molecule is Cl.NC1(c2noc(CSCC(=O)N3CCCCC3)n2)CCC1. The predicted molar refractivity (Wildman–Crippen MR) is 87.9 cm³/mol. The number of thioether (sulfide) groups is 1. The molecule has 8 heteroatoms. The van der Waals surface area contributed by atoms with E-state index < -0.39 is 0 Å². The first-order valence-corrected chi connectivity index (χ1v) is 8.80. The van der Waals surface area contributed by atoms with Crippen LogP contribution in [0.25, 0.3) is 0 Å². The first kappa shape index (κ1) is 17.6. The number of carbonyl (C=O) groups excluding carboxylic acids is 1. The lowest BCUT2D eigenvalue weighted by Crippen LogP contribution is -2.44. The number of carbonyl (C=O) groups is 1. The second-order valence-corrected chi connectivity index (χ2v) is 6.94. The number of hydrogen-bond donors (Lipinski definition) is 1. The van der Waals surface area contributed by atoms with E-state index in [0.717, 1.165) is 45.2 Å². The number of piperidine rings is 1. The lowest BCUT2D eigenvalue weighted by Gasteiger charge is -2.34. The largest absolute Gasteiger partial charge is 0.342 e. The molecule has 2 heterocycles. The predicted octanol–water partition coefficient (Wildman–Crippen LogP) is 2.08. The van der Waals surface area contributed by atoms with Gasteiger partial charge in [-0.3, -0.25) is 4.79 Å². The van der Waals surface area contributed by atoms with Crippen LogP contribution < -0.4 is 5.73 Å². The average Bonchev–Trinajstić information content (AvgIpc) is 2.95. The van der Waals surface area contributed by atoms with Crippen LogP contribution in [0.3, 0.4) is 0 Å². The number of halogens is 1. The van der Waals surface area contributed by atoms with Crippen molar-refractivity contribution in [1.29, 1.82) is 0 Å². The first-order chi connectivity index (χ1) is 10.2. The summed E-state index contributed by atoms with van der Waals surface area (Å²) in [5.41, 5.74) is 5.78. The maximum absolute atomic E-state index is 12.0. The minimum atomic E-state index is -0.379. The summed E-state index contributed by atoms with van der Waals surface area (Å²) >= 11 is 1.53. The van der Waals surface area contributed by atoms with Gasteiger partial charge in [0.15, 0.2) is 5.82 Å². The molecule has 124 valence electrons. The molecule has 1 aromatic rings. The minimum absolute atomic E-state index is 0. The van der Waals surface area contributed by atoms with Crippen molar-refractivity contribution in [3.05, 3.63) is 11.7 Å². The van der Waals surface area contributed by atoms with Crippen LogP contribution in [-0.2, 0) is 16.1 Å². The Hall–Kier alpha value is -0.790. The number of rotatable bonds is 5. The van der Waals surface area contributed by atoms with Crippen molar-refractivity contribution in [1.82, 2.24) is 15.0 Å². The van der Waals surface area contributed by atoms with E-state index in [4.69, 9.17) is 10.3 Å². The summed E-state index contributed by atoms with van der Waals surface area (Å²) in [6.07, 6.45) is 6.46. The molecule has 1 saturated carbocycles. The molecule has 2 N–H and O–H groups in total. The van der Waals surface area contributed by atoms with E-state index in [1.165, 1.54) is 18.2 Å². The Labute approximate surface area is 141 Å². The molecule has 1 amide bonds. The normalized spacial score (nSPS) is 20.1. The lowest BCUT2D eigenvalue weighted by molar-refractivity contribution is -0.129. The van der Waals surface area contributed by atoms with Crippen LogP contribution in [-0.4, -0.2) is 39.8 Å². The molecule has 0 radical (unpaired) electrons. The Balaban J connectivity index is 0.00000176. The molecule has 6 nitrogen and oxygen atoms in total. The van der Waals surface area contributed by atoms with Gasteiger partial charge in [0.1, 0.15) is 0 Å². The van der Waals surface area contributed by atoms with E-state index in [-0.39, 0.29) is 23.9 Å². The zero-order valence-electron chi connectivity index (χ0n) is 12.6. The quantitative estimate of drug-likeness (QED) is 0.878. The van der Waals surface area contributed by atoms with E-state index in [9.17, 15) is 4.79 Å². The molecular formula is C14H23ClN4O2S. The molecule has 2 aliphatic rings. The van der Waals surface area contributed by atoms with Crippen LogP contribution >= 0.6 is 24.2 Å². The number of hydrogen-bond acceptors (Lipinski definition) is 6. The third kappa shape index (κ3) is 3.94. The van der Waals surface area contributed by atoms with Gasteiger partial charge in [-0.25, -0.2) is 0 Å². The zero-order chi connectivity index (χ0) is 14.7. The molecule has 2 fully saturated rings. The molecule has 0 bridgehead atoms. The topological polar surface area (TPSA) is 85.2 Å². The molecular weight excluding hydrogens is 324 g/mol. The monoisotopic (exact) mass is 346 g/mol. The van der Waals surface area contributed by atoms with Gasteiger partial charge in [-0.15, -0.1) is 24.2 Å². The van der Waals surface area contributed by atoms with Crippen molar-refractivity contribution in [2.75, 3.05) is 18.8 Å². The van der Waals surface area contributed by atoms with Gasteiger partial charge in [0.05, 0.1) is 17.0 Å². The maximum atomic E-state index is 12.0. The molecule has 0 unspecified atom stereocenters. The number of aromatic nitrogens is 2. The van der Waals surface area contributed by atoms with Gasteiger partial charge in [-0.05, 0) is 38.5 Å². The highest BCUT2D eigenvalue weighted by Gasteiger charge is 2.38. The van der Waals surface area contributed by atoms with Gasteiger partial charge < -0.3 is 15.2 Å². The van der Waals surface area contributed by atoms with Crippen LogP contribution in [0.5, 0.6) is 0 Å². The molecule has 1 saturated heterocycles. The standard InChI is InChI=1S/C14H22N4O2S.ClH/c15-14(5-4-6-14)13-16-11(20-17-13)9-21-10-12(19)18-7-2-1-3-8-18;/h1-10,15H2;1H. The summed E-state index contributed by atoms with van der Waals surface area (Å²) in [5.74, 6) is 2.45. The number of nitrogens with two attached hydrogens (primary N) is 1. The van der Waals surface area contributed by atoms with E-state index in [0.29, 0.717) is 23.2 Å². The van der Waals surface area contributed by atoms with Crippen LogP contribution in [0, 0.1) is 0 Å². The van der Waals surface area contributed by atoms with Crippen LogP contribution in [0.2, 0.25) is 0 Å². The molecule has 1 aromatic heterocycles. The number of likely N-dealkylation sites (tertiary alicyclic amines) is 1. The van der Waals surface area contributed by atoms with E-state index >= 15 is 0 Å². The fourth-order valence-corrected chi connectivity index (χ4v) is 3.51. The van der Waals surface area contributed by atoms with Gasteiger partial charge in [0, 0.05) is 13.1 Å². The molecule has 1 aliphatic carbocycles. The molecule has 22 heavy (non-hydrogen) atoms. The minimum Gasteiger partial charge on any atom is -0.342 e. The third-order valence-corrected chi connectivity index (χ3v) is 5.22. The summed E-state index contributed by atoms with van der Waals surface area (Å²) in [6.45, 7) is 1.81. The van der Waals surface area contributed by atoms with Gasteiger partial charge >= 0.3 is 0 Å². The third-order valence-electron chi connectivity index (χ3n) is 4.32. The van der Waals surface area contributed by atoms with Crippen LogP contribution in [0.1, 0.15) is 50.2 Å². The summed E-state index contributed by atoms with van der Waals surface area (Å²) in [4.78, 5) is 18.3. The molecule has 0 atom stereocenters. The Bertz CT molecular complexity index is 501. The highest BCUT2D eigenvalue weighted by atomic mass is 35.5. The van der Waals surface area contributed by atoms with Gasteiger partial charge in [0.2, 0.25) is 11.8 Å². The second kappa shape index (κ2) is 7.66. The van der Waals surface area contributed by atoms with E-state index in [1.807, 2.05) is 4.90 Å². The molecule has 1 aliphatic heterocycles. The van der Waals surface area contributed by atoms with Gasteiger partial charge in [-0.2, -0.15) is 4.98 Å². The first-order valence-electron chi connectivity index (χ1n) is 7.65.